The first kappa shape index (κ1) is 10.2. The lowest BCUT2D eigenvalue weighted by Gasteiger charge is -2.11. The van der Waals surface area contributed by atoms with E-state index >= 15 is 0 Å². The highest BCUT2D eigenvalue weighted by Crippen LogP contribution is 2.21. The van der Waals surface area contributed by atoms with Gasteiger partial charge in [-0.05, 0) is 17.4 Å². The Balaban J connectivity index is 2.59. The number of rotatable bonds is 0. The van der Waals surface area contributed by atoms with Gasteiger partial charge >= 0.3 is 0 Å². The van der Waals surface area contributed by atoms with Gasteiger partial charge in [0, 0.05) is 10.3 Å². The highest BCUT2D eigenvalue weighted by molar-refractivity contribution is 8.05. The Kier molecular flexibility index (Phi) is 3.45. The molecule has 0 aliphatic rings. The van der Waals surface area contributed by atoms with Crippen LogP contribution in [0.3, 0.4) is 0 Å². The molecule has 0 aliphatic carbocycles. The molecule has 0 radical (unpaired) electrons. The number of thioether (sulfide) groups is 1. The van der Waals surface area contributed by atoms with Crippen molar-refractivity contribution in [3.8, 4) is 11.2 Å². The summed E-state index contributed by atoms with van der Waals surface area (Å²) in [5, 5.41) is 3.11. The molecular weight excluding hydrogens is 176 g/mol. The van der Waals surface area contributed by atoms with Crippen molar-refractivity contribution >= 4 is 11.8 Å². The molecule has 0 heterocycles. The Hall–Kier alpha value is -0.870. The van der Waals surface area contributed by atoms with E-state index in [4.69, 9.17) is 0 Å². The monoisotopic (exact) mass is 190 g/mol. The second-order valence-electron chi connectivity index (χ2n) is 3.81. The zero-order chi connectivity index (χ0) is 9.73. The summed E-state index contributed by atoms with van der Waals surface area (Å²) in [6.45, 7) is 6.49. The highest BCUT2D eigenvalue weighted by Gasteiger charge is 2.07. The minimum atomic E-state index is 0.224. The Morgan fingerprint density at radius 3 is 2.23 bits per heavy atom. The van der Waals surface area contributed by atoms with Gasteiger partial charge < -0.3 is 0 Å². The van der Waals surface area contributed by atoms with E-state index < -0.39 is 0 Å². The maximum absolute atomic E-state index is 3.11. The molecule has 0 saturated carbocycles. The van der Waals surface area contributed by atoms with Gasteiger partial charge in [0.25, 0.3) is 0 Å². The van der Waals surface area contributed by atoms with Crippen LogP contribution >= 0.6 is 11.8 Å². The topological polar surface area (TPSA) is 0 Å². The van der Waals surface area contributed by atoms with Crippen LogP contribution in [0.5, 0.6) is 0 Å². The fourth-order valence-electron chi connectivity index (χ4n) is 0.759. The summed E-state index contributed by atoms with van der Waals surface area (Å²) in [5.41, 5.74) is 1.08. The zero-order valence-corrected chi connectivity index (χ0v) is 9.11. The van der Waals surface area contributed by atoms with Crippen LogP contribution in [0.4, 0.5) is 0 Å². The van der Waals surface area contributed by atoms with Gasteiger partial charge in [-0.2, -0.15) is 0 Å². The van der Waals surface area contributed by atoms with Crippen LogP contribution in [0.1, 0.15) is 26.3 Å². The number of hydrogen-bond donors (Lipinski definition) is 0. The van der Waals surface area contributed by atoms with Crippen LogP contribution in [0.25, 0.3) is 0 Å². The highest BCUT2D eigenvalue weighted by atomic mass is 32.2. The molecule has 0 fully saturated rings. The normalized spacial score (nSPS) is 10.4. The van der Waals surface area contributed by atoms with Gasteiger partial charge in [-0.3, -0.25) is 0 Å². The zero-order valence-electron chi connectivity index (χ0n) is 8.29. The molecule has 1 heteroatoms. The fourth-order valence-corrected chi connectivity index (χ4v) is 1.23. The second kappa shape index (κ2) is 4.39. The predicted molar refractivity (Wildman–Crippen MR) is 60.7 cm³/mol. The van der Waals surface area contributed by atoms with Gasteiger partial charge in [-0.25, -0.2) is 0 Å². The average Bonchev–Trinajstić information content (AvgIpc) is 2.04. The minimum Gasteiger partial charge on any atom is -0.0687 e. The smallest absolute Gasteiger partial charge is 0.0254 e. The molecule has 0 amide bonds. The van der Waals surface area contributed by atoms with E-state index in [1.54, 1.807) is 11.8 Å². The Morgan fingerprint density at radius 2 is 1.69 bits per heavy atom. The van der Waals surface area contributed by atoms with Crippen LogP contribution < -0.4 is 0 Å². The molecule has 1 aromatic rings. The molecule has 0 atom stereocenters. The quantitative estimate of drug-likeness (QED) is 0.564. The summed E-state index contributed by atoms with van der Waals surface area (Å²) < 4.78 is 0.224. The molecule has 0 aliphatic heterocycles. The lowest BCUT2D eigenvalue weighted by Crippen LogP contribution is -2.04. The fraction of sp³-hybridized carbons (Fsp3) is 0.333. The lowest BCUT2D eigenvalue weighted by atomic mass is 10.2. The van der Waals surface area contributed by atoms with Crippen molar-refractivity contribution in [3.63, 3.8) is 0 Å². The van der Waals surface area contributed by atoms with Crippen LogP contribution in [0.15, 0.2) is 30.3 Å². The molecule has 0 aromatic heterocycles. The molecule has 68 valence electrons. The van der Waals surface area contributed by atoms with E-state index in [-0.39, 0.29) is 4.75 Å². The Bertz CT molecular complexity index is 308. The van der Waals surface area contributed by atoms with Gasteiger partial charge in [0.05, 0.1) is 0 Å². The van der Waals surface area contributed by atoms with Crippen molar-refractivity contribution in [2.45, 2.75) is 25.5 Å². The van der Waals surface area contributed by atoms with Gasteiger partial charge in [-0.15, -0.1) is 0 Å². The van der Waals surface area contributed by atoms with Crippen molar-refractivity contribution in [3.05, 3.63) is 35.9 Å². The van der Waals surface area contributed by atoms with Crippen molar-refractivity contribution in [1.29, 1.82) is 0 Å². The van der Waals surface area contributed by atoms with Gasteiger partial charge in [-0.1, -0.05) is 56.7 Å². The minimum absolute atomic E-state index is 0.224. The molecule has 1 aromatic carbocycles. The first-order valence-electron chi connectivity index (χ1n) is 4.32. The first-order valence-corrected chi connectivity index (χ1v) is 5.14. The summed E-state index contributed by atoms with van der Waals surface area (Å²) in [5.74, 6) is 3.11. The third-order valence-electron chi connectivity index (χ3n) is 1.33. The Morgan fingerprint density at radius 1 is 1.08 bits per heavy atom. The molecule has 1 rings (SSSR count). The van der Waals surface area contributed by atoms with E-state index in [1.807, 2.05) is 30.3 Å². The first-order chi connectivity index (χ1) is 6.08. The molecule has 0 unspecified atom stereocenters. The summed E-state index contributed by atoms with van der Waals surface area (Å²) in [4.78, 5) is 0. The van der Waals surface area contributed by atoms with Crippen LogP contribution in [-0.4, -0.2) is 4.75 Å². The van der Waals surface area contributed by atoms with Crippen molar-refractivity contribution in [2.24, 2.45) is 0 Å². The third kappa shape index (κ3) is 4.65. The summed E-state index contributed by atoms with van der Waals surface area (Å²) in [6, 6.07) is 10.1. The Labute approximate surface area is 84.7 Å². The van der Waals surface area contributed by atoms with E-state index in [1.165, 1.54) is 0 Å². The van der Waals surface area contributed by atoms with E-state index in [2.05, 4.69) is 31.9 Å². The van der Waals surface area contributed by atoms with Crippen molar-refractivity contribution in [1.82, 2.24) is 0 Å². The maximum atomic E-state index is 3.11. The van der Waals surface area contributed by atoms with Crippen LogP contribution in [0.2, 0.25) is 0 Å². The molecule has 13 heavy (non-hydrogen) atoms. The van der Waals surface area contributed by atoms with Gasteiger partial charge in [0.1, 0.15) is 0 Å². The molecule has 0 N–H and O–H groups in total. The second-order valence-corrected chi connectivity index (χ2v) is 5.44. The predicted octanol–water partition coefficient (Wildman–Crippen LogP) is 3.53. The summed E-state index contributed by atoms with van der Waals surface area (Å²) >= 11 is 1.67. The van der Waals surface area contributed by atoms with Crippen molar-refractivity contribution < 1.29 is 0 Å². The summed E-state index contributed by atoms with van der Waals surface area (Å²) in [6.07, 6.45) is 0. The summed E-state index contributed by atoms with van der Waals surface area (Å²) in [7, 11) is 0. The van der Waals surface area contributed by atoms with Crippen LogP contribution in [0, 0.1) is 11.2 Å². The largest absolute Gasteiger partial charge is 0.0687 e. The van der Waals surface area contributed by atoms with Crippen molar-refractivity contribution in [2.75, 3.05) is 0 Å². The van der Waals surface area contributed by atoms with Crippen LogP contribution in [-0.2, 0) is 0 Å². The standard InChI is InChI=1S/C12H14S/c1-12(2,3)13-10-9-11-7-5-4-6-8-11/h4-8H,1-3H3. The maximum Gasteiger partial charge on any atom is 0.0254 e. The SMILES string of the molecule is CC(C)(C)SC#Cc1ccccc1. The molecule has 0 bridgehead atoms. The van der Waals surface area contributed by atoms with E-state index in [0.29, 0.717) is 0 Å². The average molecular weight is 190 g/mol. The van der Waals surface area contributed by atoms with E-state index in [0.717, 1.165) is 5.56 Å². The molecular formula is C12H14S. The van der Waals surface area contributed by atoms with E-state index in [9.17, 15) is 0 Å². The number of hydrogen-bond acceptors (Lipinski definition) is 1. The third-order valence-corrected chi connectivity index (χ3v) is 2.14. The molecule has 0 spiro atoms. The lowest BCUT2D eigenvalue weighted by molar-refractivity contribution is 0.808. The molecule has 0 saturated heterocycles. The van der Waals surface area contributed by atoms with Gasteiger partial charge in [0.15, 0.2) is 0 Å². The number of benzene rings is 1. The van der Waals surface area contributed by atoms with Gasteiger partial charge in [0.2, 0.25) is 0 Å². The molecule has 0 nitrogen and oxygen atoms in total.